The van der Waals surface area contributed by atoms with E-state index in [0.717, 1.165) is 17.9 Å². The quantitative estimate of drug-likeness (QED) is 0.826. The summed E-state index contributed by atoms with van der Waals surface area (Å²) < 4.78 is 27.7. The number of rotatable bonds is 3. The van der Waals surface area contributed by atoms with Crippen LogP contribution in [0.2, 0.25) is 0 Å². The minimum atomic E-state index is -3.52. The number of thioether (sulfide) groups is 1. The average Bonchev–Trinajstić information content (AvgIpc) is 2.73. The maximum Gasteiger partial charge on any atom is 0.242 e. The Hall–Kier alpha value is -0.240. The number of nitrogens with two attached hydrogens (primary N) is 1. The van der Waals surface area contributed by atoms with Gasteiger partial charge < -0.3 is 5.73 Å². The Bertz CT molecular complexity index is 513. The second-order valence-corrected chi connectivity index (χ2v) is 7.61. The van der Waals surface area contributed by atoms with Crippen LogP contribution in [0.15, 0.2) is 27.6 Å². The first kappa shape index (κ1) is 13.2. The Morgan fingerprint density at radius 1 is 1.47 bits per heavy atom. The van der Waals surface area contributed by atoms with Crippen LogP contribution >= 0.6 is 27.7 Å². The molecule has 0 aromatic heterocycles. The fourth-order valence-corrected chi connectivity index (χ4v) is 4.85. The van der Waals surface area contributed by atoms with Gasteiger partial charge in [0.2, 0.25) is 10.0 Å². The molecule has 1 aromatic rings. The number of nitrogen functional groups attached to an aromatic ring is 1. The van der Waals surface area contributed by atoms with Crippen LogP contribution < -0.4 is 10.5 Å². The lowest BCUT2D eigenvalue weighted by molar-refractivity contribution is 0.563. The second-order valence-electron chi connectivity index (χ2n) is 3.86. The fourth-order valence-electron chi connectivity index (χ4n) is 1.65. The molecule has 1 fully saturated rings. The molecule has 0 aliphatic carbocycles. The maximum absolute atomic E-state index is 12.1. The molecule has 0 amide bonds. The van der Waals surface area contributed by atoms with Gasteiger partial charge in [0.15, 0.2) is 0 Å². The van der Waals surface area contributed by atoms with Gasteiger partial charge in [0.1, 0.15) is 4.90 Å². The summed E-state index contributed by atoms with van der Waals surface area (Å²) in [5.41, 5.74) is 5.97. The standard InChI is InChI=1S/C10H13BrN2O2S2/c11-7-1-2-9(12)10(5-7)17(14,15)13-8-3-4-16-6-8/h1-2,5,8,13H,3-4,6,12H2. The predicted molar refractivity (Wildman–Crippen MR) is 74.6 cm³/mol. The van der Waals surface area contributed by atoms with Crippen molar-refractivity contribution in [2.75, 3.05) is 17.2 Å². The lowest BCUT2D eigenvalue weighted by Crippen LogP contribution is -2.35. The monoisotopic (exact) mass is 336 g/mol. The molecule has 0 radical (unpaired) electrons. The van der Waals surface area contributed by atoms with Gasteiger partial charge >= 0.3 is 0 Å². The summed E-state index contributed by atoms with van der Waals surface area (Å²) in [6, 6.07) is 4.85. The number of hydrogen-bond acceptors (Lipinski definition) is 4. The summed E-state index contributed by atoms with van der Waals surface area (Å²) in [4.78, 5) is 0.142. The highest BCUT2D eigenvalue weighted by Gasteiger charge is 2.24. The largest absolute Gasteiger partial charge is 0.398 e. The zero-order valence-electron chi connectivity index (χ0n) is 9.02. The lowest BCUT2D eigenvalue weighted by atomic mass is 10.3. The zero-order chi connectivity index (χ0) is 12.5. The second kappa shape index (κ2) is 5.17. The van der Waals surface area contributed by atoms with E-state index in [9.17, 15) is 8.42 Å². The van der Waals surface area contributed by atoms with Gasteiger partial charge in [0.05, 0.1) is 5.69 Å². The third kappa shape index (κ3) is 3.15. The van der Waals surface area contributed by atoms with Gasteiger partial charge in [-0.25, -0.2) is 13.1 Å². The van der Waals surface area contributed by atoms with Gasteiger partial charge in [-0.1, -0.05) is 15.9 Å². The van der Waals surface area contributed by atoms with Crippen molar-refractivity contribution in [2.24, 2.45) is 0 Å². The fraction of sp³-hybridized carbons (Fsp3) is 0.400. The van der Waals surface area contributed by atoms with Crippen LogP contribution in [0, 0.1) is 0 Å². The molecule has 2 rings (SSSR count). The highest BCUT2D eigenvalue weighted by atomic mass is 79.9. The number of hydrogen-bond donors (Lipinski definition) is 2. The summed E-state index contributed by atoms with van der Waals surface area (Å²) in [6.45, 7) is 0. The molecule has 17 heavy (non-hydrogen) atoms. The summed E-state index contributed by atoms with van der Waals surface area (Å²) in [5, 5.41) is 0. The summed E-state index contributed by atoms with van der Waals surface area (Å²) in [5.74, 6) is 1.83. The van der Waals surface area contributed by atoms with Gasteiger partial charge in [0.25, 0.3) is 0 Å². The minimum absolute atomic E-state index is 0.0170. The molecule has 1 aromatic carbocycles. The third-order valence-corrected chi connectivity index (χ3v) is 5.75. The van der Waals surface area contributed by atoms with Crippen molar-refractivity contribution >= 4 is 43.4 Å². The molecule has 1 aliphatic heterocycles. The van der Waals surface area contributed by atoms with E-state index in [4.69, 9.17) is 5.73 Å². The highest BCUT2D eigenvalue weighted by Crippen LogP contribution is 2.25. The van der Waals surface area contributed by atoms with Crippen molar-refractivity contribution in [3.63, 3.8) is 0 Å². The number of anilines is 1. The molecule has 0 spiro atoms. The Labute approximate surface area is 114 Å². The Kier molecular flexibility index (Phi) is 4.02. The minimum Gasteiger partial charge on any atom is -0.398 e. The van der Waals surface area contributed by atoms with E-state index in [1.54, 1.807) is 23.9 Å². The number of halogens is 1. The molecule has 1 atom stereocenters. The van der Waals surface area contributed by atoms with Crippen LogP contribution in [0.25, 0.3) is 0 Å². The van der Waals surface area contributed by atoms with E-state index in [1.807, 2.05) is 0 Å². The van der Waals surface area contributed by atoms with Crippen LogP contribution in [-0.2, 0) is 10.0 Å². The van der Waals surface area contributed by atoms with Gasteiger partial charge in [-0.3, -0.25) is 0 Å². The van der Waals surface area contributed by atoms with E-state index in [1.165, 1.54) is 6.07 Å². The summed E-state index contributed by atoms with van der Waals surface area (Å²) in [6.07, 6.45) is 0.873. The maximum atomic E-state index is 12.1. The zero-order valence-corrected chi connectivity index (χ0v) is 12.2. The predicted octanol–water partition coefficient (Wildman–Crippen LogP) is 1.82. The van der Waals surface area contributed by atoms with Crippen LogP contribution in [-0.4, -0.2) is 26.0 Å². The van der Waals surface area contributed by atoms with Crippen molar-refractivity contribution in [1.29, 1.82) is 0 Å². The van der Waals surface area contributed by atoms with Gasteiger partial charge in [-0.05, 0) is 30.4 Å². The van der Waals surface area contributed by atoms with Crippen molar-refractivity contribution in [2.45, 2.75) is 17.4 Å². The van der Waals surface area contributed by atoms with E-state index in [2.05, 4.69) is 20.7 Å². The van der Waals surface area contributed by atoms with Gasteiger partial charge in [-0.15, -0.1) is 0 Å². The average molecular weight is 337 g/mol. The molecular formula is C10H13BrN2O2S2. The van der Waals surface area contributed by atoms with Crippen molar-refractivity contribution < 1.29 is 8.42 Å². The SMILES string of the molecule is Nc1ccc(Br)cc1S(=O)(=O)NC1CCSC1. The molecule has 4 nitrogen and oxygen atoms in total. The Morgan fingerprint density at radius 3 is 2.88 bits per heavy atom. The van der Waals surface area contributed by atoms with E-state index >= 15 is 0 Å². The lowest BCUT2D eigenvalue weighted by Gasteiger charge is -2.13. The van der Waals surface area contributed by atoms with Crippen molar-refractivity contribution in [1.82, 2.24) is 4.72 Å². The van der Waals surface area contributed by atoms with Crippen molar-refractivity contribution in [3.8, 4) is 0 Å². The van der Waals surface area contributed by atoms with Gasteiger partial charge in [0, 0.05) is 16.3 Å². The number of nitrogens with one attached hydrogen (secondary N) is 1. The van der Waals surface area contributed by atoms with Crippen LogP contribution in [0.1, 0.15) is 6.42 Å². The summed E-state index contributed by atoms with van der Waals surface area (Å²) in [7, 11) is -3.52. The third-order valence-electron chi connectivity index (χ3n) is 2.52. The number of benzene rings is 1. The molecule has 1 saturated heterocycles. The topological polar surface area (TPSA) is 72.2 Å². The van der Waals surface area contributed by atoms with Gasteiger partial charge in [-0.2, -0.15) is 11.8 Å². The highest BCUT2D eigenvalue weighted by molar-refractivity contribution is 9.10. The van der Waals surface area contributed by atoms with Crippen molar-refractivity contribution in [3.05, 3.63) is 22.7 Å². The van der Waals surface area contributed by atoms with Crippen LogP contribution in [0.3, 0.4) is 0 Å². The Morgan fingerprint density at radius 2 is 2.24 bits per heavy atom. The molecule has 0 bridgehead atoms. The van der Waals surface area contributed by atoms with E-state index < -0.39 is 10.0 Å². The molecule has 94 valence electrons. The first-order valence-electron chi connectivity index (χ1n) is 5.14. The number of sulfonamides is 1. The Balaban J connectivity index is 2.27. The summed E-state index contributed by atoms with van der Waals surface area (Å²) >= 11 is 5.01. The molecule has 3 N–H and O–H groups in total. The molecule has 1 unspecified atom stereocenters. The first-order valence-corrected chi connectivity index (χ1v) is 8.57. The molecule has 1 aliphatic rings. The normalized spacial score (nSPS) is 20.6. The first-order chi connectivity index (χ1) is 7.99. The molecule has 7 heteroatoms. The molecule has 0 saturated carbocycles. The van der Waals surface area contributed by atoms with E-state index in [0.29, 0.717) is 4.47 Å². The van der Waals surface area contributed by atoms with E-state index in [-0.39, 0.29) is 16.6 Å². The van der Waals surface area contributed by atoms with Crippen LogP contribution in [0.5, 0.6) is 0 Å². The van der Waals surface area contributed by atoms with Crippen LogP contribution in [0.4, 0.5) is 5.69 Å². The smallest absolute Gasteiger partial charge is 0.242 e. The molecule has 1 heterocycles. The molecular weight excluding hydrogens is 324 g/mol.